The van der Waals surface area contributed by atoms with Crippen LogP contribution < -0.4 is 16.0 Å². The van der Waals surface area contributed by atoms with E-state index in [1.165, 1.54) is 12.1 Å². The second-order valence-corrected chi connectivity index (χ2v) is 8.16. The predicted molar refractivity (Wildman–Crippen MR) is 117 cm³/mol. The molecule has 3 aromatic rings. The lowest BCUT2D eigenvalue weighted by molar-refractivity contribution is -0.274. The van der Waals surface area contributed by atoms with Crippen LogP contribution in [0.2, 0.25) is 0 Å². The minimum atomic E-state index is -4.82. The first-order valence-corrected chi connectivity index (χ1v) is 10.2. The monoisotopic (exact) mass is 460 g/mol. The van der Waals surface area contributed by atoms with Crippen molar-refractivity contribution in [3.05, 3.63) is 96.8 Å². The molecule has 0 aliphatic heterocycles. The van der Waals surface area contributed by atoms with Crippen LogP contribution in [0.4, 0.5) is 13.2 Å². The number of aromatic nitrogens is 2. The number of carbonyl (C=O) groups excluding carboxylic acids is 1. The summed E-state index contributed by atoms with van der Waals surface area (Å²) in [7, 11) is 0. The largest absolute Gasteiger partial charge is 0.573 e. The molecule has 174 valence electrons. The molecule has 0 unspecified atom stereocenters. The first-order chi connectivity index (χ1) is 15.4. The van der Waals surface area contributed by atoms with Crippen molar-refractivity contribution in [2.45, 2.75) is 46.5 Å². The Morgan fingerprint density at radius 1 is 1.03 bits per heavy atom. The summed E-state index contributed by atoms with van der Waals surface area (Å²) in [4.78, 5) is 41.1. The highest BCUT2D eigenvalue weighted by molar-refractivity contribution is 6.09. The minimum absolute atomic E-state index is 0.0423. The van der Waals surface area contributed by atoms with E-state index in [4.69, 9.17) is 0 Å². The van der Waals surface area contributed by atoms with Crippen LogP contribution in [0.5, 0.6) is 5.75 Å². The standard InChI is InChI=1S/C24H23F3N2O4/c1-13(2)19-20(21(30)17-10-14(3)9-15(4)11-17)29(23(32)28-22(19)31)12-16-5-7-18(8-6-16)33-24(25,26)27/h5-11,13H,12H2,1-4H3,(H,28,31,32). The summed E-state index contributed by atoms with van der Waals surface area (Å²) in [6.45, 7) is 7.01. The summed E-state index contributed by atoms with van der Waals surface area (Å²) < 4.78 is 42.3. The van der Waals surface area contributed by atoms with Crippen LogP contribution in [0.15, 0.2) is 52.1 Å². The summed E-state index contributed by atoms with van der Waals surface area (Å²) >= 11 is 0. The summed E-state index contributed by atoms with van der Waals surface area (Å²) in [5, 5.41) is 0. The quantitative estimate of drug-likeness (QED) is 0.551. The summed E-state index contributed by atoms with van der Waals surface area (Å²) in [6, 6.07) is 10.2. The van der Waals surface area contributed by atoms with Gasteiger partial charge in [0.25, 0.3) is 5.56 Å². The van der Waals surface area contributed by atoms with Gasteiger partial charge in [0.05, 0.1) is 6.54 Å². The Labute approximate surface area is 187 Å². The second kappa shape index (κ2) is 9.09. The van der Waals surface area contributed by atoms with E-state index in [1.54, 1.807) is 26.0 Å². The van der Waals surface area contributed by atoms with Crippen molar-refractivity contribution in [3.63, 3.8) is 0 Å². The van der Waals surface area contributed by atoms with Crippen LogP contribution in [0.3, 0.4) is 0 Å². The molecule has 0 aliphatic carbocycles. The molecular formula is C24H23F3N2O4. The smallest absolute Gasteiger partial charge is 0.406 e. The molecule has 0 amide bonds. The zero-order chi connectivity index (χ0) is 24.5. The number of aryl methyl sites for hydroxylation is 2. The van der Waals surface area contributed by atoms with Crippen LogP contribution in [0, 0.1) is 13.8 Å². The molecule has 2 aromatic carbocycles. The maximum absolute atomic E-state index is 13.5. The van der Waals surface area contributed by atoms with Gasteiger partial charge < -0.3 is 4.74 Å². The predicted octanol–water partition coefficient (Wildman–Crippen LogP) is 4.45. The Bertz CT molecular complexity index is 1280. The molecule has 0 radical (unpaired) electrons. The third-order valence-corrected chi connectivity index (χ3v) is 5.01. The van der Waals surface area contributed by atoms with E-state index in [9.17, 15) is 27.6 Å². The number of aromatic amines is 1. The van der Waals surface area contributed by atoms with Crippen LogP contribution in [0.25, 0.3) is 0 Å². The van der Waals surface area contributed by atoms with E-state index in [2.05, 4.69) is 9.72 Å². The van der Waals surface area contributed by atoms with Gasteiger partial charge in [-0.2, -0.15) is 0 Å². The number of carbonyl (C=O) groups is 1. The van der Waals surface area contributed by atoms with Crippen LogP contribution >= 0.6 is 0 Å². The van der Waals surface area contributed by atoms with Gasteiger partial charge in [-0.3, -0.25) is 19.1 Å². The molecule has 0 spiro atoms. The molecule has 0 saturated carbocycles. The third-order valence-electron chi connectivity index (χ3n) is 5.01. The Morgan fingerprint density at radius 2 is 1.61 bits per heavy atom. The highest BCUT2D eigenvalue weighted by Gasteiger charge is 2.31. The molecule has 0 saturated heterocycles. The number of benzene rings is 2. The first-order valence-electron chi connectivity index (χ1n) is 10.2. The first kappa shape index (κ1) is 24.0. The molecule has 1 aromatic heterocycles. The Morgan fingerprint density at radius 3 is 2.12 bits per heavy atom. The Balaban J connectivity index is 2.14. The molecule has 33 heavy (non-hydrogen) atoms. The van der Waals surface area contributed by atoms with Gasteiger partial charge in [0, 0.05) is 11.1 Å². The summed E-state index contributed by atoms with van der Waals surface area (Å²) in [6.07, 6.45) is -4.82. The number of nitrogens with one attached hydrogen (secondary N) is 1. The van der Waals surface area contributed by atoms with Gasteiger partial charge in [-0.1, -0.05) is 43.2 Å². The molecular weight excluding hydrogens is 437 g/mol. The topological polar surface area (TPSA) is 81.2 Å². The number of ether oxygens (including phenoxy) is 1. The fraction of sp³-hybridized carbons (Fsp3) is 0.292. The molecule has 9 heteroatoms. The average Bonchev–Trinajstić information content (AvgIpc) is 2.68. The van der Waals surface area contributed by atoms with Crippen molar-refractivity contribution in [3.8, 4) is 5.75 Å². The fourth-order valence-electron chi connectivity index (χ4n) is 3.74. The molecule has 0 fully saturated rings. The van der Waals surface area contributed by atoms with Gasteiger partial charge in [-0.05, 0) is 49.6 Å². The summed E-state index contributed by atoms with van der Waals surface area (Å²) in [5.41, 5.74) is 1.17. The molecule has 0 atom stereocenters. The lowest BCUT2D eigenvalue weighted by atomic mass is 9.95. The molecule has 3 rings (SSSR count). The second-order valence-electron chi connectivity index (χ2n) is 8.16. The normalized spacial score (nSPS) is 11.6. The highest BCUT2D eigenvalue weighted by atomic mass is 19.4. The number of H-pyrrole nitrogens is 1. The minimum Gasteiger partial charge on any atom is -0.406 e. The molecule has 0 aliphatic rings. The van der Waals surface area contributed by atoms with E-state index in [0.717, 1.165) is 27.8 Å². The number of hydrogen-bond acceptors (Lipinski definition) is 4. The van der Waals surface area contributed by atoms with Gasteiger partial charge in [-0.15, -0.1) is 13.2 Å². The number of halogens is 3. The van der Waals surface area contributed by atoms with Crippen molar-refractivity contribution in [1.29, 1.82) is 0 Å². The van der Waals surface area contributed by atoms with Crippen molar-refractivity contribution in [2.75, 3.05) is 0 Å². The van der Waals surface area contributed by atoms with E-state index < -0.39 is 29.1 Å². The molecule has 6 nitrogen and oxygen atoms in total. The van der Waals surface area contributed by atoms with Gasteiger partial charge in [-0.25, -0.2) is 4.79 Å². The van der Waals surface area contributed by atoms with Crippen molar-refractivity contribution >= 4 is 5.78 Å². The van der Waals surface area contributed by atoms with Gasteiger partial charge in [0.2, 0.25) is 5.78 Å². The SMILES string of the molecule is Cc1cc(C)cc(C(=O)c2c(C(C)C)c(=O)[nH]c(=O)n2Cc2ccc(OC(F)(F)F)cc2)c1. The Kier molecular flexibility index (Phi) is 6.62. The van der Waals surface area contributed by atoms with Gasteiger partial charge >= 0.3 is 12.1 Å². The maximum Gasteiger partial charge on any atom is 0.573 e. The molecule has 1 N–H and O–H groups in total. The van der Waals surface area contributed by atoms with E-state index in [0.29, 0.717) is 11.1 Å². The van der Waals surface area contributed by atoms with Crippen LogP contribution in [-0.2, 0) is 6.54 Å². The zero-order valence-corrected chi connectivity index (χ0v) is 18.5. The Hall–Kier alpha value is -3.62. The highest BCUT2D eigenvalue weighted by Crippen LogP contribution is 2.24. The van der Waals surface area contributed by atoms with E-state index in [1.807, 2.05) is 19.9 Å². The average molecular weight is 460 g/mol. The van der Waals surface area contributed by atoms with Crippen LogP contribution in [-0.4, -0.2) is 21.7 Å². The molecule has 1 heterocycles. The number of alkyl halides is 3. The number of nitrogens with zero attached hydrogens (tertiary/aromatic N) is 1. The van der Waals surface area contributed by atoms with Crippen molar-refractivity contribution in [1.82, 2.24) is 9.55 Å². The lowest BCUT2D eigenvalue weighted by Gasteiger charge is -2.18. The van der Waals surface area contributed by atoms with Gasteiger partial charge in [0.15, 0.2) is 0 Å². The van der Waals surface area contributed by atoms with Crippen molar-refractivity contribution < 1.29 is 22.7 Å². The number of hydrogen-bond donors (Lipinski definition) is 1. The third kappa shape index (κ3) is 5.60. The maximum atomic E-state index is 13.5. The van der Waals surface area contributed by atoms with E-state index >= 15 is 0 Å². The fourth-order valence-corrected chi connectivity index (χ4v) is 3.74. The lowest BCUT2D eigenvalue weighted by Crippen LogP contribution is -2.38. The zero-order valence-electron chi connectivity index (χ0n) is 18.5. The number of ketones is 1. The van der Waals surface area contributed by atoms with Crippen molar-refractivity contribution in [2.24, 2.45) is 0 Å². The summed E-state index contributed by atoms with van der Waals surface area (Å²) in [5.74, 6) is -1.26. The van der Waals surface area contributed by atoms with E-state index in [-0.39, 0.29) is 23.7 Å². The van der Waals surface area contributed by atoms with Crippen LogP contribution in [0.1, 0.15) is 58.1 Å². The molecule has 0 bridgehead atoms. The number of rotatable bonds is 6. The van der Waals surface area contributed by atoms with Gasteiger partial charge in [0.1, 0.15) is 11.4 Å².